The number of hydroxylamine groups is 1. The molecule has 21 heavy (non-hydrogen) atoms. The molecule has 0 aromatic heterocycles. The molecule has 2 aliphatic rings. The third-order valence-corrected chi connectivity index (χ3v) is 4.20. The van der Waals surface area contributed by atoms with Crippen molar-refractivity contribution in [3.8, 4) is 0 Å². The monoisotopic (exact) mass is 413 g/mol. The topological polar surface area (TPSA) is 83.6 Å². The van der Waals surface area contributed by atoms with Gasteiger partial charge in [0.15, 0.2) is 0 Å². The number of nitrogens with one attached hydrogen (secondary N) is 2. The van der Waals surface area contributed by atoms with Crippen molar-refractivity contribution >= 4 is 29.3 Å². The molecule has 122 valence electrons. The van der Waals surface area contributed by atoms with Gasteiger partial charge in [-0.15, -0.1) is 3.28 Å². The molecular weight excluding hydrogens is 389 g/mol. The second kappa shape index (κ2) is 9.18. The number of rotatable bonds is 10. The maximum absolute atomic E-state index is 10.2. The molecule has 2 atom stereocenters. The fourth-order valence-corrected chi connectivity index (χ4v) is 2.88. The summed E-state index contributed by atoms with van der Waals surface area (Å²) in [6.07, 6.45) is 0.947. The van der Waals surface area contributed by atoms with Gasteiger partial charge in [0.2, 0.25) is 6.41 Å². The molecule has 8 nitrogen and oxygen atoms in total. The Morgan fingerprint density at radius 1 is 1.24 bits per heavy atom. The van der Waals surface area contributed by atoms with Crippen LogP contribution in [-0.4, -0.2) is 95.9 Å². The summed E-state index contributed by atoms with van der Waals surface area (Å²) < 4.78 is 6.54. The second-order valence-corrected chi connectivity index (χ2v) is 6.44. The van der Waals surface area contributed by atoms with Crippen molar-refractivity contribution in [2.24, 2.45) is 0 Å². The van der Waals surface area contributed by atoms with E-state index in [0.29, 0.717) is 6.54 Å². The van der Waals surface area contributed by atoms with E-state index in [4.69, 9.17) is 9.94 Å². The molecule has 2 heterocycles. The molecule has 0 aliphatic carbocycles. The van der Waals surface area contributed by atoms with E-state index < -0.39 is 0 Å². The number of hydrogen-bond donors (Lipinski definition) is 3. The molecular formula is C12H24IN5O3. The van der Waals surface area contributed by atoms with Crippen LogP contribution in [0.5, 0.6) is 0 Å². The highest BCUT2D eigenvalue weighted by Gasteiger charge is 2.39. The van der Waals surface area contributed by atoms with Gasteiger partial charge in [0.1, 0.15) is 12.3 Å². The van der Waals surface area contributed by atoms with Crippen molar-refractivity contribution in [3.05, 3.63) is 0 Å². The molecule has 2 rings (SSSR count). The smallest absolute Gasteiger partial charge is 0.207 e. The fraction of sp³-hybridized carbons (Fsp3) is 0.917. The number of ether oxygens (including phenoxy) is 1. The van der Waals surface area contributed by atoms with Gasteiger partial charge in [-0.25, -0.2) is 0 Å². The first-order valence-corrected chi connectivity index (χ1v) is 8.28. The third kappa shape index (κ3) is 6.72. The van der Waals surface area contributed by atoms with Crippen LogP contribution in [0.4, 0.5) is 0 Å². The van der Waals surface area contributed by atoms with Gasteiger partial charge in [0, 0.05) is 75.2 Å². The maximum Gasteiger partial charge on any atom is 0.207 e. The minimum absolute atomic E-state index is 0.0881. The Morgan fingerprint density at radius 2 is 1.86 bits per heavy atom. The van der Waals surface area contributed by atoms with Crippen LogP contribution in [-0.2, 0) is 9.53 Å². The summed E-state index contributed by atoms with van der Waals surface area (Å²) in [6, 6.07) is 0. The van der Waals surface area contributed by atoms with E-state index in [0.717, 1.165) is 62.0 Å². The number of carbonyl (C=O) groups is 1. The molecule has 2 aliphatic heterocycles. The molecule has 0 aromatic carbocycles. The summed E-state index contributed by atoms with van der Waals surface area (Å²) in [5, 5.41) is 15.1. The number of halogens is 1. The molecule has 2 unspecified atom stereocenters. The van der Waals surface area contributed by atoms with Crippen LogP contribution >= 0.6 is 22.9 Å². The second-order valence-electron chi connectivity index (χ2n) is 5.32. The summed E-state index contributed by atoms with van der Waals surface area (Å²) in [4.78, 5) is 15.0. The fourth-order valence-electron chi connectivity index (χ4n) is 2.49. The van der Waals surface area contributed by atoms with Crippen LogP contribution in [0.25, 0.3) is 0 Å². The van der Waals surface area contributed by atoms with E-state index >= 15 is 0 Å². The van der Waals surface area contributed by atoms with Gasteiger partial charge in [0.25, 0.3) is 0 Å². The molecule has 0 aromatic rings. The van der Waals surface area contributed by atoms with Gasteiger partial charge >= 0.3 is 0 Å². The molecule has 2 fully saturated rings. The van der Waals surface area contributed by atoms with Crippen molar-refractivity contribution in [1.82, 2.24) is 23.7 Å². The molecule has 0 saturated carbocycles. The van der Waals surface area contributed by atoms with Crippen molar-refractivity contribution in [3.63, 3.8) is 0 Å². The highest BCUT2D eigenvalue weighted by atomic mass is 127. The lowest BCUT2D eigenvalue weighted by Gasteiger charge is -2.34. The lowest BCUT2D eigenvalue weighted by atomic mass is 10.3. The van der Waals surface area contributed by atoms with E-state index in [1.807, 2.05) is 22.9 Å². The Hall–Kier alpha value is -0.0400. The number of hydrogen-bond acceptors (Lipinski definition) is 7. The molecule has 3 N–H and O–H groups in total. The van der Waals surface area contributed by atoms with Gasteiger partial charge < -0.3 is 15.3 Å². The highest BCUT2D eigenvalue weighted by Crippen LogP contribution is 2.20. The van der Waals surface area contributed by atoms with Crippen LogP contribution in [0.2, 0.25) is 0 Å². The molecule has 1 amide bonds. The maximum atomic E-state index is 10.2. The highest BCUT2D eigenvalue weighted by molar-refractivity contribution is 14.1. The van der Waals surface area contributed by atoms with Crippen LogP contribution in [0.3, 0.4) is 0 Å². The van der Waals surface area contributed by atoms with Crippen molar-refractivity contribution in [1.29, 1.82) is 0 Å². The summed E-state index contributed by atoms with van der Waals surface area (Å²) in [6.45, 7) is 8.34. The van der Waals surface area contributed by atoms with Gasteiger partial charge in [-0.3, -0.25) is 19.9 Å². The third-order valence-electron chi connectivity index (χ3n) is 3.81. The van der Waals surface area contributed by atoms with Gasteiger partial charge in [0.05, 0.1) is 6.54 Å². The van der Waals surface area contributed by atoms with E-state index in [1.165, 1.54) is 0 Å². The van der Waals surface area contributed by atoms with E-state index in [-0.39, 0.29) is 12.3 Å². The van der Waals surface area contributed by atoms with Gasteiger partial charge in [-0.1, -0.05) is 0 Å². The van der Waals surface area contributed by atoms with Crippen LogP contribution in [0, 0.1) is 0 Å². The van der Waals surface area contributed by atoms with E-state index in [9.17, 15) is 4.79 Å². The summed E-state index contributed by atoms with van der Waals surface area (Å²) in [5.41, 5.74) is 0. The van der Waals surface area contributed by atoms with E-state index in [2.05, 4.69) is 20.4 Å². The number of amides is 1. The SMILES string of the molecule is O=CNCCN1CCN(CCNC2OC2CN(O)I)CC1. The number of epoxide rings is 1. The first kappa shape index (κ1) is 17.3. The van der Waals surface area contributed by atoms with Crippen LogP contribution in [0.1, 0.15) is 0 Å². The lowest BCUT2D eigenvalue weighted by molar-refractivity contribution is -0.109. The largest absolute Gasteiger partial charge is 0.357 e. The molecule has 2 saturated heterocycles. The standard InChI is InChI=1S/C12H24IN5O3/c13-18(20)9-11-12(21-11)15-2-4-17-7-5-16(6-8-17)3-1-14-10-19/h10-12,15,20H,1-9H2,(H,14,19). The first-order chi connectivity index (χ1) is 10.2. The Morgan fingerprint density at radius 3 is 2.43 bits per heavy atom. The zero-order chi connectivity index (χ0) is 15.1. The summed E-state index contributed by atoms with van der Waals surface area (Å²) >= 11 is 1.84. The molecule has 0 radical (unpaired) electrons. The van der Waals surface area contributed by atoms with Gasteiger partial charge in [-0.05, 0) is 0 Å². The zero-order valence-corrected chi connectivity index (χ0v) is 14.2. The average Bonchev–Trinajstić information content (AvgIpc) is 3.18. The quantitative estimate of drug-likeness (QED) is 0.103. The number of piperazine rings is 1. The van der Waals surface area contributed by atoms with Crippen molar-refractivity contribution < 1.29 is 14.7 Å². The Kier molecular flexibility index (Phi) is 7.57. The van der Waals surface area contributed by atoms with Crippen LogP contribution < -0.4 is 10.6 Å². The predicted octanol–water partition coefficient (Wildman–Crippen LogP) is -1.29. The Balaban J connectivity index is 1.47. The number of nitrogens with zero attached hydrogens (tertiary/aromatic N) is 3. The predicted molar refractivity (Wildman–Crippen MR) is 86.1 cm³/mol. The zero-order valence-electron chi connectivity index (χ0n) is 12.1. The first-order valence-electron chi connectivity index (χ1n) is 7.32. The lowest BCUT2D eigenvalue weighted by Crippen LogP contribution is -2.49. The minimum atomic E-state index is 0.0881. The van der Waals surface area contributed by atoms with Crippen LogP contribution in [0.15, 0.2) is 0 Å². The van der Waals surface area contributed by atoms with Gasteiger partial charge in [-0.2, -0.15) is 0 Å². The Bertz CT molecular complexity index is 315. The average molecular weight is 413 g/mol. The summed E-state index contributed by atoms with van der Waals surface area (Å²) in [5.74, 6) is 0. The Labute approximate surface area is 139 Å². The summed E-state index contributed by atoms with van der Waals surface area (Å²) in [7, 11) is 0. The normalized spacial score (nSPS) is 27.0. The minimum Gasteiger partial charge on any atom is -0.357 e. The van der Waals surface area contributed by atoms with Crippen molar-refractivity contribution in [2.75, 3.05) is 58.9 Å². The van der Waals surface area contributed by atoms with Crippen molar-refractivity contribution in [2.45, 2.75) is 12.3 Å². The molecule has 0 spiro atoms. The molecule has 0 bridgehead atoms. The van der Waals surface area contributed by atoms with E-state index in [1.54, 1.807) is 0 Å². The number of carbonyl (C=O) groups excluding carboxylic acids is 1. The molecule has 9 heteroatoms.